The van der Waals surface area contributed by atoms with Crippen LogP contribution in [0.25, 0.3) is 0 Å². The number of carbonyl (C=O) groups excluding carboxylic acids is 1. The van der Waals surface area contributed by atoms with E-state index in [0.29, 0.717) is 16.9 Å². The molecule has 0 radical (unpaired) electrons. The van der Waals surface area contributed by atoms with E-state index in [9.17, 15) is 20.0 Å². The molecule has 146 valence electrons. The Bertz CT molecular complexity index is 1130. The molecule has 0 bridgehead atoms. The SMILES string of the molecule is Cc1ccccc1C(=O)Nc1cccc(N=Cc2cc(Cl)cc([N+](=O)[O-])c2[O-])c1. The number of amides is 1. The van der Waals surface area contributed by atoms with Gasteiger partial charge in [0.05, 0.1) is 10.6 Å². The van der Waals surface area contributed by atoms with Gasteiger partial charge in [-0.05, 0) is 54.1 Å². The smallest absolute Gasteiger partial charge is 0.263 e. The Morgan fingerprint density at radius 2 is 1.90 bits per heavy atom. The van der Waals surface area contributed by atoms with Crippen LogP contribution >= 0.6 is 11.6 Å². The molecule has 3 aromatic rings. The monoisotopic (exact) mass is 408 g/mol. The van der Waals surface area contributed by atoms with Gasteiger partial charge in [-0.2, -0.15) is 0 Å². The van der Waals surface area contributed by atoms with Crippen molar-refractivity contribution in [3.63, 3.8) is 0 Å². The Morgan fingerprint density at radius 3 is 2.62 bits per heavy atom. The van der Waals surface area contributed by atoms with Crippen LogP contribution in [0.5, 0.6) is 5.75 Å². The number of nitrogens with one attached hydrogen (secondary N) is 1. The summed E-state index contributed by atoms with van der Waals surface area (Å²) in [5.41, 5.74) is 1.77. The number of nitro benzene ring substituents is 1. The summed E-state index contributed by atoms with van der Waals surface area (Å²) >= 11 is 5.85. The minimum absolute atomic E-state index is 0.00134. The fourth-order valence-corrected chi connectivity index (χ4v) is 2.89. The molecule has 1 N–H and O–H groups in total. The highest BCUT2D eigenvalue weighted by Gasteiger charge is 2.11. The standard InChI is InChI=1S/C21H16ClN3O4/c1-13-5-2-3-8-18(13)21(27)24-17-7-4-6-16(11-17)23-12-14-9-15(22)10-19(20(14)26)25(28)29/h2-12,26H,1H3,(H,24,27)/p-1. The van der Waals surface area contributed by atoms with Crippen molar-refractivity contribution in [1.29, 1.82) is 0 Å². The van der Waals surface area contributed by atoms with Crippen LogP contribution in [0.2, 0.25) is 5.02 Å². The lowest BCUT2D eigenvalue weighted by Crippen LogP contribution is -2.13. The molecule has 1 amide bonds. The first-order chi connectivity index (χ1) is 13.8. The third kappa shape index (κ3) is 4.77. The number of carbonyl (C=O) groups is 1. The van der Waals surface area contributed by atoms with Gasteiger partial charge in [-0.25, -0.2) is 0 Å². The van der Waals surface area contributed by atoms with E-state index in [4.69, 9.17) is 11.6 Å². The summed E-state index contributed by atoms with van der Waals surface area (Å²) in [5.74, 6) is -1.02. The van der Waals surface area contributed by atoms with Crippen LogP contribution < -0.4 is 10.4 Å². The van der Waals surface area contributed by atoms with Crippen molar-refractivity contribution in [1.82, 2.24) is 0 Å². The van der Waals surface area contributed by atoms with Gasteiger partial charge in [-0.3, -0.25) is 19.9 Å². The molecule has 0 aliphatic rings. The molecule has 0 fully saturated rings. The van der Waals surface area contributed by atoms with Gasteiger partial charge in [-0.1, -0.05) is 35.9 Å². The summed E-state index contributed by atoms with van der Waals surface area (Å²) in [5, 5.41) is 26.0. The van der Waals surface area contributed by atoms with Gasteiger partial charge in [0.25, 0.3) is 11.6 Å². The fourth-order valence-electron chi connectivity index (χ4n) is 2.67. The summed E-state index contributed by atoms with van der Waals surface area (Å²) in [4.78, 5) is 26.8. The molecule has 0 heterocycles. The number of benzene rings is 3. The number of aliphatic imine (C=N–C) groups is 1. The van der Waals surface area contributed by atoms with Crippen molar-refractivity contribution in [3.05, 3.63) is 92.5 Å². The third-order valence-corrected chi connectivity index (χ3v) is 4.32. The van der Waals surface area contributed by atoms with Gasteiger partial charge in [-0.15, -0.1) is 0 Å². The third-order valence-electron chi connectivity index (χ3n) is 4.11. The second-order valence-corrected chi connectivity index (χ2v) is 6.61. The molecule has 7 nitrogen and oxygen atoms in total. The number of nitrogens with zero attached hydrogens (tertiary/aromatic N) is 2. The fraction of sp³-hybridized carbons (Fsp3) is 0.0476. The molecule has 0 aliphatic carbocycles. The zero-order valence-corrected chi connectivity index (χ0v) is 16.0. The highest BCUT2D eigenvalue weighted by atomic mass is 35.5. The van der Waals surface area contributed by atoms with Gasteiger partial charge in [0.1, 0.15) is 0 Å². The average Bonchev–Trinajstić information content (AvgIpc) is 2.68. The first-order valence-corrected chi connectivity index (χ1v) is 8.89. The van der Waals surface area contributed by atoms with Crippen LogP contribution in [-0.2, 0) is 0 Å². The first-order valence-electron chi connectivity index (χ1n) is 8.51. The summed E-state index contributed by atoms with van der Waals surface area (Å²) in [6.45, 7) is 1.85. The lowest BCUT2D eigenvalue weighted by molar-refractivity contribution is -0.398. The van der Waals surface area contributed by atoms with Gasteiger partial charge in [0, 0.05) is 28.6 Å². The quantitative estimate of drug-likeness (QED) is 0.377. The molecule has 0 saturated carbocycles. The largest absolute Gasteiger partial charge is 0.867 e. The topological polar surface area (TPSA) is 108 Å². The lowest BCUT2D eigenvalue weighted by atomic mass is 10.1. The Hall–Kier alpha value is -3.71. The highest BCUT2D eigenvalue weighted by molar-refractivity contribution is 6.31. The predicted octanol–water partition coefficient (Wildman–Crippen LogP) is 4.63. The molecule has 3 rings (SSSR count). The maximum Gasteiger partial charge on any atom is 0.263 e. The van der Waals surface area contributed by atoms with Crippen LogP contribution in [0, 0.1) is 17.0 Å². The van der Waals surface area contributed by atoms with E-state index >= 15 is 0 Å². The maximum atomic E-state index is 12.4. The Labute approximate surface area is 171 Å². The summed E-state index contributed by atoms with van der Waals surface area (Å²) in [6, 6.07) is 16.2. The van der Waals surface area contributed by atoms with E-state index in [2.05, 4.69) is 10.3 Å². The molecule has 0 saturated heterocycles. The average molecular weight is 409 g/mol. The van der Waals surface area contributed by atoms with Crippen LogP contribution in [0.15, 0.2) is 65.7 Å². The van der Waals surface area contributed by atoms with E-state index < -0.39 is 16.4 Å². The van der Waals surface area contributed by atoms with Gasteiger partial charge in [0.15, 0.2) is 0 Å². The van der Waals surface area contributed by atoms with Crippen molar-refractivity contribution >= 4 is 40.8 Å². The van der Waals surface area contributed by atoms with Crippen LogP contribution in [0.3, 0.4) is 0 Å². The second kappa shape index (κ2) is 8.53. The molecular weight excluding hydrogens is 394 g/mol. The summed E-state index contributed by atoms with van der Waals surface area (Å²) in [7, 11) is 0. The predicted molar refractivity (Wildman–Crippen MR) is 110 cm³/mol. The van der Waals surface area contributed by atoms with Crippen molar-refractivity contribution < 1.29 is 14.8 Å². The van der Waals surface area contributed by atoms with E-state index in [1.54, 1.807) is 36.4 Å². The Kier molecular flexibility index (Phi) is 5.90. The van der Waals surface area contributed by atoms with E-state index in [1.807, 2.05) is 19.1 Å². The molecule has 8 heteroatoms. The number of halogens is 1. The highest BCUT2D eigenvalue weighted by Crippen LogP contribution is 2.30. The van der Waals surface area contributed by atoms with Crippen molar-refractivity contribution in [2.24, 2.45) is 4.99 Å². The van der Waals surface area contributed by atoms with Crippen LogP contribution in [0.1, 0.15) is 21.5 Å². The molecule has 29 heavy (non-hydrogen) atoms. The molecule has 0 unspecified atom stereocenters. The van der Waals surface area contributed by atoms with E-state index in [0.717, 1.165) is 11.6 Å². The van der Waals surface area contributed by atoms with E-state index in [-0.39, 0.29) is 16.5 Å². The Morgan fingerprint density at radius 1 is 1.14 bits per heavy atom. The number of aryl methyl sites for hydroxylation is 1. The molecule has 0 spiro atoms. The van der Waals surface area contributed by atoms with Crippen molar-refractivity contribution in [3.8, 4) is 5.75 Å². The molecule has 3 aromatic carbocycles. The van der Waals surface area contributed by atoms with Gasteiger partial charge >= 0.3 is 0 Å². The minimum atomic E-state index is -0.784. The lowest BCUT2D eigenvalue weighted by Gasteiger charge is -2.11. The number of nitro groups is 1. The molecule has 0 atom stereocenters. The number of hydrogen-bond donors (Lipinski definition) is 1. The number of anilines is 1. The van der Waals surface area contributed by atoms with Gasteiger partial charge < -0.3 is 10.4 Å². The number of hydrogen-bond acceptors (Lipinski definition) is 5. The molecule has 0 aliphatic heterocycles. The Balaban J connectivity index is 1.83. The van der Waals surface area contributed by atoms with Crippen LogP contribution in [0.4, 0.5) is 17.1 Å². The number of rotatable bonds is 5. The van der Waals surface area contributed by atoms with E-state index in [1.165, 1.54) is 12.3 Å². The van der Waals surface area contributed by atoms with Gasteiger partial charge in [0.2, 0.25) is 0 Å². The first kappa shape index (κ1) is 20.0. The second-order valence-electron chi connectivity index (χ2n) is 6.18. The summed E-state index contributed by atoms with van der Waals surface area (Å²) < 4.78 is 0. The molecule has 0 aromatic heterocycles. The van der Waals surface area contributed by atoms with Crippen molar-refractivity contribution in [2.45, 2.75) is 6.92 Å². The minimum Gasteiger partial charge on any atom is -0.867 e. The zero-order valence-electron chi connectivity index (χ0n) is 15.3. The summed E-state index contributed by atoms with van der Waals surface area (Å²) in [6.07, 6.45) is 1.21. The van der Waals surface area contributed by atoms with Crippen molar-refractivity contribution in [2.75, 3.05) is 5.32 Å². The normalized spacial score (nSPS) is 10.8. The maximum absolute atomic E-state index is 12.4. The zero-order chi connectivity index (χ0) is 21.0. The molecular formula is C21H15ClN3O4-. The van der Waals surface area contributed by atoms with Crippen LogP contribution in [-0.4, -0.2) is 17.0 Å².